The summed E-state index contributed by atoms with van der Waals surface area (Å²) in [5, 5.41) is 5.70. The van der Waals surface area contributed by atoms with Gasteiger partial charge in [-0.15, -0.1) is 0 Å². The highest BCUT2D eigenvalue weighted by molar-refractivity contribution is 7.88. The molecule has 1 amide bonds. The number of anilines is 2. The van der Waals surface area contributed by atoms with Gasteiger partial charge in [0.1, 0.15) is 0 Å². The first-order chi connectivity index (χ1) is 9.33. The van der Waals surface area contributed by atoms with Gasteiger partial charge in [-0.3, -0.25) is 4.79 Å². The maximum Gasteiger partial charge on any atom is 0.253 e. The maximum atomic E-state index is 11.9. The van der Waals surface area contributed by atoms with Crippen LogP contribution in [0, 0.1) is 0 Å². The Morgan fingerprint density at radius 2 is 2.00 bits per heavy atom. The van der Waals surface area contributed by atoms with E-state index in [9.17, 15) is 13.2 Å². The fraction of sp³-hybridized carbons (Fsp3) is 0.417. The Kier molecular flexibility index (Phi) is 5.78. The van der Waals surface area contributed by atoms with E-state index in [1.165, 1.54) is 0 Å². The van der Waals surface area contributed by atoms with Crippen molar-refractivity contribution < 1.29 is 13.2 Å². The summed E-state index contributed by atoms with van der Waals surface area (Å²) in [5.74, 6) is -0.203. The number of nitrogens with two attached hydrogens (primary N) is 1. The summed E-state index contributed by atoms with van der Waals surface area (Å²) in [4.78, 5) is 11.9. The highest BCUT2D eigenvalue weighted by Crippen LogP contribution is 2.19. The van der Waals surface area contributed by atoms with Crippen molar-refractivity contribution in [2.24, 2.45) is 0 Å². The fourth-order valence-electron chi connectivity index (χ4n) is 1.60. The molecule has 0 bridgehead atoms. The van der Waals surface area contributed by atoms with Crippen LogP contribution in [0.5, 0.6) is 0 Å². The number of carbonyl (C=O) groups excluding carboxylic acids is 1. The molecule has 1 rings (SSSR count). The molecule has 0 saturated heterocycles. The summed E-state index contributed by atoms with van der Waals surface area (Å²) < 4.78 is 24.2. The Balaban J connectivity index is 2.72. The van der Waals surface area contributed by atoms with E-state index in [1.807, 2.05) is 6.92 Å². The molecular formula is C12H20N4O3S. The van der Waals surface area contributed by atoms with Crippen molar-refractivity contribution in [3.05, 3.63) is 23.8 Å². The molecule has 112 valence electrons. The number of nitrogen functional groups attached to an aromatic ring is 1. The number of carbonyl (C=O) groups is 1. The Bertz CT molecular complexity index is 572. The molecule has 0 saturated carbocycles. The first-order valence-corrected chi connectivity index (χ1v) is 8.09. The first kappa shape index (κ1) is 16.3. The molecule has 0 fully saturated rings. The summed E-state index contributed by atoms with van der Waals surface area (Å²) in [7, 11) is -3.22. The van der Waals surface area contributed by atoms with Crippen molar-refractivity contribution in [2.45, 2.75) is 6.92 Å². The largest absolute Gasteiger partial charge is 0.399 e. The number of hydrogen-bond donors (Lipinski definition) is 4. The van der Waals surface area contributed by atoms with Gasteiger partial charge in [-0.05, 0) is 25.1 Å². The topological polar surface area (TPSA) is 113 Å². The van der Waals surface area contributed by atoms with E-state index in [4.69, 9.17) is 5.73 Å². The van der Waals surface area contributed by atoms with Crippen molar-refractivity contribution in [3.8, 4) is 0 Å². The molecular weight excluding hydrogens is 280 g/mol. The lowest BCUT2D eigenvalue weighted by Crippen LogP contribution is -2.28. The van der Waals surface area contributed by atoms with Crippen LogP contribution < -0.4 is 21.1 Å². The van der Waals surface area contributed by atoms with E-state index in [2.05, 4.69) is 15.4 Å². The summed E-state index contributed by atoms with van der Waals surface area (Å²) in [6.07, 6.45) is 1.09. The Morgan fingerprint density at radius 3 is 2.60 bits per heavy atom. The molecule has 1 aromatic carbocycles. The monoisotopic (exact) mass is 300 g/mol. The van der Waals surface area contributed by atoms with E-state index in [0.29, 0.717) is 30.0 Å². The molecule has 0 aromatic heterocycles. The molecule has 8 heteroatoms. The van der Waals surface area contributed by atoms with Crippen molar-refractivity contribution in [1.29, 1.82) is 0 Å². The van der Waals surface area contributed by atoms with Crippen LogP contribution in [0.4, 0.5) is 11.4 Å². The van der Waals surface area contributed by atoms with Crippen LogP contribution in [0.25, 0.3) is 0 Å². The van der Waals surface area contributed by atoms with E-state index < -0.39 is 10.0 Å². The zero-order valence-electron chi connectivity index (χ0n) is 11.6. The first-order valence-electron chi connectivity index (χ1n) is 6.19. The molecule has 1 aromatic rings. The summed E-state index contributed by atoms with van der Waals surface area (Å²) >= 11 is 0. The molecule has 0 spiro atoms. The van der Waals surface area contributed by atoms with Crippen molar-refractivity contribution >= 4 is 27.3 Å². The third-order valence-corrected chi connectivity index (χ3v) is 3.16. The number of hydrogen-bond acceptors (Lipinski definition) is 5. The smallest absolute Gasteiger partial charge is 0.253 e. The normalized spacial score (nSPS) is 11.1. The predicted octanol–water partition coefficient (Wildman–Crippen LogP) is -0.0204. The summed E-state index contributed by atoms with van der Waals surface area (Å²) in [6.45, 7) is 2.93. The van der Waals surface area contributed by atoms with Gasteiger partial charge in [-0.1, -0.05) is 0 Å². The Morgan fingerprint density at radius 1 is 1.30 bits per heavy atom. The number of nitrogens with one attached hydrogen (secondary N) is 3. The highest BCUT2D eigenvalue weighted by atomic mass is 32.2. The van der Waals surface area contributed by atoms with Crippen molar-refractivity contribution in [2.75, 3.05) is 36.9 Å². The van der Waals surface area contributed by atoms with Crippen LogP contribution in [-0.4, -0.2) is 40.2 Å². The SMILES string of the molecule is CCNC(=O)c1ccc(N)cc1NCCNS(C)(=O)=O. The van der Waals surface area contributed by atoms with Gasteiger partial charge in [0, 0.05) is 31.0 Å². The lowest BCUT2D eigenvalue weighted by Gasteiger charge is -2.12. The molecule has 20 heavy (non-hydrogen) atoms. The predicted molar refractivity (Wildman–Crippen MR) is 80.2 cm³/mol. The molecule has 0 aliphatic rings. The number of benzene rings is 1. The minimum Gasteiger partial charge on any atom is -0.399 e. The van der Waals surface area contributed by atoms with Gasteiger partial charge in [0.2, 0.25) is 10.0 Å². The standard InChI is InChI=1S/C12H20N4O3S/c1-3-14-12(17)10-5-4-9(13)8-11(10)15-6-7-16-20(2,18)19/h4-5,8,15-16H,3,6-7,13H2,1-2H3,(H,14,17). The Hall–Kier alpha value is -1.80. The molecule has 7 nitrogen and oxygen atoms in total. The molecule has 0 radical (unpaired) electrons. The lowest BCUT2D eigenvalue weighted by atomic mass is 10.1. The van der Waals surface area contributed by atoms with Gasteiger partial charge >= 0.3 is 0 Å². The fourth-order valence-corrected chi connectivity index (χ4v) is 2.07. The second-order valence-electron chi connectivity index (χ2n) is 4.26. The van der Waals surface area contributed by atoms with Crippen molar-refractivity contribution in [1.82, 2.24) is 10.0 Å². The van der Waals surface area contributed by atoms with Crippen LogP contribution in [-0.2, 0) is 10.0 Å². The van der Waals surface area contributed by atoms with Gasteiger partial charge in [0.25, 0.3) is 5.91 Å². The quantitative estimate of drug-likeness (QED) is 0.417. The minimum absolute atomic E-state index is 0.203. The maximum absolute atomic E-state index is 11.9. The third-order valence-electron chi connectivity index (χ3n) is 2.43. The van der Waals surface area contributed by atoms with Crippen LogP contribution in [0.1, 0.15) is 17.3 Å². The minimum atomic E-state index is -3.22. The number of rotatable bonds is 7. The third kappa shape index (κ3) is 5.45. The van der Waals surface area contributed by atoms with E-state index >= 15 is 0 Å². The zero-order chi connectivity index (χ0) is 15.2. The lowest BCUT2D eigenvalue weighted by molar-refractivity contribution is 0.0956. The average Bonchev–Trinajstić information content (AvgIpc) is 2.34. The van der Waals surface area contributed by atoms with E-state index in [1.54, 1.807) is 18.2 Å². The van der Waals surface area contributed by atoms with Crippen molar-refractivity contribution in [3.63, 3.8) is 0 Å². The van der Waals surface area contributed by atoms with Gasteiger partial charge < -0.3 is 16.4 Å². The molecule has 5 N–H and O–H groups in total. The number of amides is 1. The molecule has 0 atom stereocenters. The second-order valence-corrected chi connectivity index (χ2v) is 6.09. The van der Waals surface area contributed by atoms with Gasteiger partial charge in [-0.2, -0.15) is 0 Å². The van der Waals surface area contributed by atoms with Crippen LogP contribution >= 0.6 is 0 Å². The molecule has 0 heterocycles. The molecule has 0 aliphatic heterocycles. The summed E-state index contributed by atoms with van der Waals surface area (Å²) in [5.41, 5.74) is 7.26. The molecule has 0 unspecified atom stereocenters. The van der Waals surface area contributed by atoms with Gasteiger partial charge in [-0.25, -0.2) is 13.1 Å². The van der Waals surface area contributed by atoms with Crippen LogP contribution in [0.15, 0.2) is 18.2 Å². The van der Waals surface area contributed by atoms with E-state index in [-0.39, 0.29) is 12.5 Å². The molecule has 0 aliphatic carbocycles. The average molecular weight is 300 g/mol. The number of sulfonamides is 1. The van der Waals surface area contributed by atoms with E-state index in [0.717, 1.165) is 6.26 Å². The zero-order valence-corrected chi connectivity index (χ0v) is 12.4. The van der Waals surface area contributed by atoms with Gasteiger partial charge in [0.15, 0.2) is 0 Å². The van der Waals surface area contributed by atoms with Crippen LogP contribution in [0.2, 0.25) is 0 Å². The second kappa shape index (κ2) is 7.11. The highest BCUT2D eigenvalue weighted by Gasteiger charge is 2.10. The Labute approximate surface area is 119 Å². The van der Waals surface area contributed by atoms with Gasteiger partial charge in [0.05, 0.1) is 11.8 Å². The summed E-state index contributed by atoms with van der Waals surface area (Å²) in [6, 6.07) is 4.92. The van der Waals surface area contributed by atoms with Crippen LogP contribution in [0.3, 0.4) is 0 Å².